The lowest BCUT2D eigenvalue weighted by Gasteiger charge is -2.19. The molecule has 0 saturated heterocycles. The average Bonchev–Trinajstić information content (AvgIpc) is 2.60. The molecule has 0 unspecified atom stereocenters. The maximum absolute atomic E-state index is 12.1. The molecule has 0 aromatic heterocycles. The van der Waals surface area contributed by atoms with Gasteiger partial charge in [0.15, 0.2) is 0 Å². The Morgan fingerprint density at radius 2 is 1.81 bits per heavy atom. The van der Waals surface area contributed by atoms with E-state index in [1.807, 2.05) is 24.3 Å². The van der Waals surface area contributed by atoms with Crippen LogP contribution in [0.25, 0.3) is 0 Å². The standard InChI is InChI=1S/C21H26N2O4/c1-15-7-10-17(23(25)26)14-19(15)22-20(24)6-5-13-27-18-11-8-16(9-12-18)21(2,3)4/h7-12,14H,5-6,13H2,1-4H3,(H,22,24). The number of ether oxygens (including phenoxy) is 1. The Balaban J connectivity index is 1.80. The van der Waals surface area contributed by atoms with Crippen molar-refractivity contribution in [1.82, 2.24) is 0 Å². The van der Waals surface area contributed by atoms with Crippen LogP contribution in [0.2, 0.25) is 0 Å². The maximum Gasteiger partial charge on any atom is 0.271 e. The van der Waals surface area contributed by atoms with Gasteiger partial charge in [0.05, 0.1) is 17.2 Å². The molecule has 0 bridgehead atoms. The SMILES string of the molecule is Cc1ccc([N+](=O)[O-])cc1NC(=O)CCCOc1ccc(C(C)(C)C)cc1. The molecular weight excluding hydrogens is 344 g/mol. The molecule has 0 aliphatic rings. The van der Waals surface area contributed by atoms with E-state index in [-0.39, 0.29) is 23.4 Å². The lowest BCUT2D eigenvalue weighted by atomic mass is 9.87. The van der Waals surface area contributed by atoms with Gasteiger partial charge in [0, 0.05) is 18.6 Å². The molecule has 1 N–H and O–H groups in total. The summed E-state index contributed by atoms with van der Waals surface area (Å²) in [6.45, 7) is 8.69. The molecule has 27 heavy (non-hydrogen) atoms. The number of amides is 1. The third kappa shape index (κ3) is 6.09. The third-order valence-electron chi connectivity index (χ3n) is 4.24. The van der Waals surface area contributed by atoms with Gasteiger partial charge in [-0.25, -0.2) is 0 Å². The van der Waals surface area contributed by atoms with Crippen LogP contribution in [0, 0.1) is 17.0 Å². The van der Waals surface area contributed by atoms with Crippen LogP contribution < -0.4 is 10.1 Å². The first-order valence-corrected chi connectivity index (χ1v) is 8.95. The molecule has 0 fully saturated rings. The second kappa shape index (κ2) is 8.66. The zero-order chi connectivity index (χ0) is 20.0. The first-order valence-electron chi connectivity index (χ1n) is 8.95. The maximum atomic E-state index is 12.1. The molecule has 0 saturated carbocycles. The molecule has 6 heteroatoms. The highest BCUT2D eigenvalue weighted by Gasteiger charge is 2.13. The van der Waals surface area contributed by atoms with Crippen molar-refractivity contribution in [3.8, 4) is 5.75 Å². The smallest absolute Gasteiger partial charge is 0.271 e. The summed E-state index contributed by atoms with van der Waals surface area (Å²) in [7, 11) is 0. The van der Waals surface area contributed by atoms with Crippen molar-refractivity contribution in [2.24, 2.45) is 0 Å². The number of nitrogens with one attached hydrogen (secondary N) is 1. The van der Waals surface area contributed by atoms with Gasteiger partial charge in [-0.05, 0) is 42.0 Å². The second-order valence-electron chi connectivity index (χ2n) is 7.53. The minimum Gasteiger partial charge on any atom is -0.494 e. The van der Waals surface area contributed by atoms with Gasteiger partial charge >= 0.3 is 0 Å². The molecule has 0 heterocycles. The van der Waals surface area contributed by atoms with Gasteiger partial charge < -0.3 is 10.1 Å². The first-order chi connectivity index (χ1) is 12.7. The van der Waals surface area contributed by atoms with Crippen molar-refractivity contribution in [3.63, 3.8) is 0 Å². The van der Waals surface area contributed by atoms with E-state index in [0.29, 0.717) is 18.7 Å². The second-order valence-corrected chi connectivity index (χ2v) is 7.53. The van der Waals surface area contributed by atoms with Gasteiger partial charge in [0.25, 0.3) is 5.69 Å². The number of rotatable bonds is 7. The normalized spacial score (nSPS) is 11.1. The fourth-order valence-corrected chi connectivity index (χ4v) is 2.54. The number of carbonyl (C=O) groups excluding carboxylic acids is 1. The van der Waals surface area contributed by atoms with E-state index in [4.69, 9.17) is 4.74 Å². The number of anilines is 1. The Hall–Kier alpha value is -2.89. The summed E-state index contributed by atoms with van der Waals surface area (Å²) in [4.78, 5) is 22.4. The van der Waals surface area contributed by atoms with Crippen molar-refractivity contribution < 1.29 is 14.5 Å². The van der Waals surface area contributed by atoms with Gasteiger partial charge in [-0.15, -0.1) is 0 Å². The van der Waals surface area contributed by atoms with E-state index in [2.05, 4.69) is 26.1 Å². The number of benzene rings is 2. The Labute approximate surface area is 159 Å². The number of nitro benzene ring substituents is 1. The van der Waals surface area contributed by atoms with Crippen LogP contribution in [0.15, 0.2) is 42.5 Å². The lowest BCUT2D eigenvalue weighted by Crippen LogP contribution is -2.14. The number of carbonyl (C=O) groups is 1. The fraction of sp³-hybridized carbons (Fsp3) is 0.381. The van der Waals surface area contributed by atoms with Gasteiger partial charge in [-0.1, -0.05) is 39.0 Å². The van der Waals surface area contributed by atoms with E-state index in [0.717, 1.165) is 11.3 Å². The number of hydrogen-bond donors (Lipinski definition) is 1. The molecule has 2 aromatic rings. The zero-order valence-corrected chi connectivity index (χ0v) is 16.2. The van der Waals surface area contributed by atoms with E-state index in [9.17, 15) is 14.9 Å². The lowest BCUT2D eigenvalue weighted by molar-refractivity contribution is -0.384. The Kier molecular flexibility index (Phi) is 6.55. The molecule has 0 atom stereocenters. The molecule has 2 rings (SSSR count). The molecule has 0 aliphatic carbocycles. The minimum atomic E-state index is -0.478. The highest BCUT2D eigenvalue weighted by molar-refractivity contribution is 5.91. The predicted octanol–water partition coefficient (Wildman–Crippen LogP) is 5.00. The zero-order valence-electron chi connectivity index (χ0n) is 16.2. The molecular formula is C21H26N2O4. The monoisotopic (exact) mass is 370 g/mol. The van der Waals surface area contributed by atoms with Gasteiger partial charge in [-0.2, -0.15) is 0 Å². The van der Waals surface area contributed by atoms with Crippen molar-refractivity contribution in [3.05, 3.63) is 63.7 Å². The summed E-state index contributed by atoms with van der Waals surface area (Å²) in [5.41, 5.74) is 2.54. The van der Waals surface area contributed by atoms with Gasteiger partial charge in [-0.3, -0.25) is 14.9 Å². The van der Waals surface area contributed by atoms with Crippen LogP contribution in [0.4, 0.5) is 11.4 Å². The number of non-ortho nitro benzene ring substituents is 1. The average molecular weight is 370 g/mol. The van der Waals surface area contributed by atoms with Crippen LogP contribution in [0.1, 0.15) is 44.7 Å². The summed E-state index contributed by atoms with van der Waals surface area (Å²) >= 11 is 0. The van der Waals surface area contributed by atoms with Crippen molar-refractivity contribution in [1.29, 1.82) is 0 Å². The fourth-order valence-electron chi connectivity index (χ4n) is 2.54. The molecule has 0 spiro atoms. The van der Waals surface area contributed by atoms with Gasteiger partial charge in [0.2, 0.25) is 5.91 Å². The van der Waals surface area contributed by atoms with Crippen LogP contribution >= 0.6 is 0 Å². The Bertz CT molecular complexity index is 808. The molecule has 0 aliphatic heterocycles. The molecule has 6 nitrogen and oxygen atoms in total. The first kappa shape index (κ1) is 20.4. The van der Waals surface area contributed by atoms with E-state index in [1.54, 1.807) is 13.0 Å². The summed E-state index contributed by atoms with van der Waals surface area (Å²) in [6, 6.07) is 12.4. The van der Waals surface area contributed by atoms with Gasteiger partial charge in [0.1, 0.15) is 5.75 Å². The van der Waals surface area contributed by atoms with Crippen LogP contribution in [0.5, 0.6) is 5.75 Å². The van der Waals surface area contributed by atoms with Crippen molar-refractivity contribution >= 4 is 17.3 Å². The topological polar surface area (TPSA) is 81.5 Å². The predicted molar refractivity (Wildman–Crippen MR) is 106 cm³/mol. The van der Waals surface area contributed by atoms with E-state index >= 15 is 0 Å². The molecule has 2 aromatic carbocycles. The number of aryl methyl sites for hydroxylation is 1. The molecule has 144 valence electrons. The largest absolute Gasteiger partial charge is 0.494 e. The summed E-state index contributed by atoms with van der Waals surface area (Å²) in [5, 5.41) is 13.6. The quantitative estimate of drug-likeness (QED) is 0.422. The van der Waals surface area contributed by atoms with Crippen molar-refractivity contribution in [2.75, 3.05) is 11.9 Å². The third-order valence-corrected chi connectivity index (χ3v) is 4.24. The number of hydrogen-bond acceptors (Lipinski definition) is 4. The summed E-state index contributed by atoms with van der Waals surface area (Å²) in [5.74, 6) is 0.586. The Morgan fingerprint density at radius 1 is 1.15 bits per heavy atom. The highest BCUT2D eigenvalue weighted by atomic mass is 16.6. The Morgan fingerprint density at radius 3 is 2.41 bits per heavy atom. The van der Waals surface area contributed by atoms with Crippen LogP contribution in [-0.2, 0) is 10.2 Å². The number of nitrogens with zero attached hydrogens (tertiary/aromatic N) is 1. The van der Waals surface area contributed by atoms with Crippen LogP contribution in [0.3, 0.4) is 0 Å². The molecule has 1 amide bonds. The van der Waals surface area contributed by atoms with Crippen LogP contribution in [-0.4, -0.2) is 17.4 Å². The van der Waals surface area contributed by atoms with E-state index in [1.165, 1.54) is 17.7 Å². The number of nitro groups is 1. The van der Waals surface area contributed by atoms with E-state index < -0.39 is 4.92 Å². The summed E-state index contributed by atoms with van der Waals surface area (Å²) < 4.78 is 5.68. The highest BCUT2D eigenvalue weighted by Crippen LogP contribution is 2.24. The summed E-state index contributed by atoms with van der Waals surface area (Å²) in [6.07, 6.45) is 0.836. The molecule has 0 radical (unpaired) electrons. The minimum absolute atomic E-state index is 0.0436. The van der Waals surface area contributed by atoms with Crippen molar-refractivity contribution in [2.45, 2.75) is 46.0 Å².